The number of hydrogen-bond donors (Lipinski definition) is 2. The fourth-order valence-corrected chi connectivity index (χ4v) is 3.20. The van der Waals surface area contributed by atoms with Crippen molar-refractivity contribution in [2.45, 2.75) is 32.2 Å². The number of carbonyl (C=O) groups excluding carboxylic acids is 1. The van der Waals surface area contributed by atoms with Crippen molar-refractivity contribution in [2.75, 3.05) is 13.6 Å². The van der Waals surface area contributed by atoms with Gasteiger partial charge in [0.2, 0.25) is 0 Å². The minimum Gasteiger partial charge on any atom is -0.481 e. The van der Waals surface area contributed by atoms with Crippen molar-refractivity contribution >= 4 is 23.3 Å². The van der Waals surface area contributed by atoms with E-state index in [4.69, 9.17) is 5.11 Å². The number of urea groups is 1. The van der Waals surface area contributed by atoms with Crippen LogP contribution in [0.25, 0.3) is 0 Å². The third-order valence-electron chi connectivity index (χ3n) is 3.90. The molecular weight excluding hydrogens is 276 g/mol. The normalized spacial score (nSPS) is 16.2. The van der Waals surface area contributed by atoms with E-state index in [-0.39, 0.29) is 17.9 Å². The quantitative estimate of drug-likeness (QED) is 0.847. The van der Waals surface area contributed by atoms with Gasteiger partial charge in [0, 0.05) is 20.1 Å². The molecule has 0 saturated heterocycles. The maximum Gasteiger partial charge on any atom is 0.317 e. The van der Waals surface area contributed by atoms with Crippen LogP contribution >= 0.6 is 11.3 Å². The van der Waals surface area contributed by atoms with Gasteiger partial charge in [-0.05, 0) is 40.6 Å². The standard InChI is InChI=1S/C14H20N2O3S/c1-16(8-11-3-6-20-9-11)13(19)15-10-14(4-2-5-14)7-12(17)18/h3,6,9H,2,4-5,7-8,10H2,1H3,(H,15,19)(H,17,18). The van der Waals surface area contributed by atoms with Crippen LogP contribution in [0.5, 0.6) is 0 Å². The van der Waals surface area contributed by atoms with Crippen LogP contribution in [0.3, 0.4) is 0 Å². The van der Waals surface area contributed by atoms with Crippen LogP contribution in [0.1, 0.15) is 31.2 Å². The molecule has 1 aliphatic carbocycles. The number of carboxylic acids is 1. The van der Waals surface area contributed by atoms with Crippen molar-refractivity contribution in [1.82, 2.24) is 10.2 Å². The van der Waals surface area contributed by atoms with Gasteiger partial charge in [-0.15, -0.1) is 0 Å². The molecule has 0 aliphatic heterocycles. The lowest BCUT2D eigenvalue weighted by molar-refractivity contribution is -0.141. The summed E-state index contributed by atoms with van der Waals surface area (Å²) in [5, 5.41) is 15.8. The first-order chi connectivity index (χ1) is 9.51. The predicted octanol–water partition coefficient (Wildman–Crippen LogP) is 2.53. The number of thiophene rings is 1. The minimum atomic E-state index is -0.787. The highest BCUT2D eigenvalue weighted by atomic mass is 32.1. The van der Waals surface area contributed by atoms with E-state index in [0.717, 1.165) is 24.8 Å². The van der Waals surface area contributed by atoms with E-state index < -0.39 is 5.97 Å². The van der Waals surface area contributed by atoms with Crippen LogP contribution in [0.15, 0.2) is 16.8 Å². The zero-order chi connectivity index (χ0) is 14.6. The molecule has 0 unspecified atom stereocenters. The highest BCUT2D eigenvalue weighted by Gasteiger charge is 2.39. The minimum absolute atomic E-state index is 0.140. The Labute approximate surface area is 122 Å². The van der Waals surface area contributed by atoms with Crippen molar-refractivity contribution in [2.24, 2.45) is 5.41 Å². The summed E-state index contributed by atoms with van der Waals surface area (Å²) < 4.78 is 0. The van der Waals surface area contributed by atoms with Crippen LogP contribution in [-0.4, -0.2) is 35.6 Å². The Kier molecular flexibility index (Phi) is 4.65. The van der Waals surface area contributed by atoms with Gasteiger partial charge in [0.15, 0.2) is 0 Å². The van der Waals surface area contributed by atoms with Crippen molar-refractivity contribution < 1.29 is 14.7 Å². The number of nitrogens with zero attached hydrogens (tertiary/aromatic N) is 1. The van der Waals surface area contributed by atoms with Crippen LogP contribution in [0, 0.1) is 5.41 Å². The molecule has 20 heavy (non-hydrogen) atoms. The summed E-state index contributed by atoms with van der Waals surface area (Å²) in [6, 6.07) is 1.85. The first-order valence-electron chi connectivity index (χ1n) is 6.73. The monoisotopic (exact) mass is 296 g/mol. The molecule has 1 aromatic rings. The summed E-state index contributed by atoms with van der Waals surface area (Å²) in [5.74, 6) is -0.787. The summed E-state index contributed by atoms with van der Waals surface area (Å²) in [4.78, 5) is 24.5. The second-order valence-electron chi connectivity index (χ2n) is 5.57. The third kappa shape index (κ3) is 3.72. The molecule has 1 heterocycles. The van der Waals surface area contributed by atoms with Gasteiger partial charge in [-0.2, -0.15) is 11.3 Å². The molecule has 1 aromatic heterocycles. The van der Waals surface area contributed by atoms with E-state index in [1.54, 1.807) is 23.3 Å². The van der Waals surface area contributed by atoms with E-state index in [1.165, 1.54) is 0 Å². The van der Waals surface area contributed by atoms with Gasteiger partial charge < -0.3 is 15.3 Å². The Balaban J connectivity index is 1.80. The number of hydrogen-bond acceptors (Lipinski definition) is 3. The lowest BCUT2D eigenvalue weighted by Gasteiger charge is -2.41. The van der Waals surface area contributed by atoms with Crippen molar-refractivity contribution in [3.63, 3.8) is 0 Å². The molecule has 1 fully saturated rings. The Bertz CT molecular complexity index is 469. The number of carboxylic acid groups (broad SMARTS) is 1. The van der Waals surface area contributed by atoms with Gasteiger partial charge in [-0.1, -0.05) is 6.42 Å². The zero-order valence-corrected chi connectivity index (χ0v) is 12.4. The molecule has 0 atom stereocenters. The summed E-state index contributed by atoms with van der Waals surface area (Å²) in [5.41, 5.74) is 0.876. The third-order valence-corrected chi connectivity index (χ3v) is 4.63. The van der Waals surface area contributed by atoms with Crippen molar-refractivity contribution in [1.29, 1.82) is 0 Å². The molecule has 2 amide bonds. The van der Waals surface area contributed by atoms with Crippen LogP contribution in [0.4, 0.5) is 4.79 Å². The number of rotatable bonds is 6. The van der Waals surface area contributed by atoms with Crippen molar-refractivity contribution in [3.8, 4) is 0 Å². The molecular formula is C14H20N2O3S. The van der Waals surface area contributed by atoms with Gasteiger partial charge in [0.05, 0.1) is 6.42 Å². The molecule has 110 valence electrons. The summed E-state index contributed by atoms with van der Waals surface area (Å²) >= 11 is 1.61. The largest absolute Gasteiger partial charge is 0.481 e. The summed E-state index contributed by atoms with van der Waals surface area (Å²) in [7, 11) is 1.75. The Hall–Kier alpha value is -1.56. The second-order valence-corrected chi connectivity index (χ2v) is 6.35. The van der Waals surface area contributed by atoms with Crippen LogP contribution < -0.4 is 5.32 Å². The average molecular weight is 296 g/mol. The van der Waals surface area contributed by atoms with E-state index >= 15 is 0 Å². The predicted molar refractivity (Wildman–Crippen MR) is 77.7 cm³/mol. The van der Waals surface area contributed by atoms with E-state index in [2.05, 4.69) is 5.32 Å². The molecule has 0 bridgehead atoms. The fourth-order valence-electron chi connectivity index (χ4n) is 2.54. The average Bonchev–Trinajstić information content (AvgIpc) is 2.84. The molecule has 6 heteroatoms. The highest BCUT2D eigenvalue weighted by Crippen LogP contribution is 2.43. The Morgan fingerprint density at radius 2 is 2.25 bits per heavy atom. The van der Waals surface area contributed by atoms with Gasteiger partial charge in [0.1, 0.15) is 0 Å². The van der Waals surface area contributed by atoms with Gasteiger partial charge in [-0.3, -0.25) is 4.79 Å². The zero-order valence-electron chi connectivity index (χ0n) is 11.6. The second kappa shape index (κ2) is 6.26. The maximum atomic E-state index is 12.0. The number of amides is 2. The van der Waals surface area contributed by atoms with E-state index in [0.29, 0.717) is 13.1 Å². The molecule has 5 nitrogen and oxygen atoms in total. The van der Waals surface area contributed by atoms with Crippen LogP contribution in [-0.2, 0) is 11.3 Å². The lowest BCUT2D eigenvalue weighted by Crippen LogP contribution is -2.46. The summed E-state index contributed by atoms with van der Waals surface area (Å²) in [6.07, 6.45) is 2.96. The summed E-state index contributed by atoms with van der Waals surface area (Å²) in [6.45, 7) is 1.02. The van der Waals surface area contributed by atoms with E-state index in [1.807, 2.05) is 16.8 Å². The molecule has 0 spiro atoms. The smallest absolute Gasteiger partial charge is 0.317 e. The van der Waals surface area contributed by atoms with Gasteiger partial charge in [-0.25, -0.2) is 4.79 Å². The van der Waals surface area contributed by atoms with Gasteiger partial charge >= 0.3 is 12.0 Å². The molecule has 0 radical (unpaired) electrons. The molecule has 2 rings (SSSR count). The van der Waals surface area contributed by atoms with Crippen LogP contribution in [0.2, 0.25) is 0 Å². The lowest BCUT2D eigenvalue weighted by atomic mass is 9.66. The SMILES string of the molecule is CN(Cc1ccsc1)C(=O)NCC1(CC(=O)O)CCC1. The fraction of sp³-hybridized carbons (Fsp3) is 0.571. The first kappa shape index (κ1) is 14.8. The Morgan fingerprint density at radius 3 is 2.75 bits per heavy atom. The topological polar surface area (TPSA) is 69.6 Å². The molecule has 1 aliphatic rings. The molecule has 2 N–H and O–H groups in total. The molecule has 1 saturated carbocycles. The number of aliphatic carboxylic acids is 1. The first-order valence-corrected chi connectivity index (χ1v) is 7.67. The Morgan fingerprint density at radius 1 is 1.50 bits per heavy atom. The van der Waals surface area contributed by atoms with Gasteiger partial charge in [0.25, 0.3) is 0 Å². The van der Waals surface area contributed by atoms with Crippen molar-refractivity contribution in [3.05, 3.63) is 22.4 Å². The molecule has 0 aromatic carbocycles. The number of carbonyl (C=O) groups is 2. The number of nitrogens with one attached hydrogen (secondary N) is 1. The highest BCUT2D eigenvalue weighted by molar-refractivity contribution is 7.07. The van der Waals surface area contributed by atoms with E-state index in [9.17, 15) is 9.59 Å². The maximum absolute atomic E-state index is 12.0.